The molecule has 196 valence electrons. The van der Waals surface area contributed by atoms with Crippen LogP contribution in [0.4, 0.5) is 14.7 Å². The lowest BCUT2D eigenvalue weighted by molar-refractivity contribution is -0.286. The number of aliphatic hydroxyl groups is 2. The first kappa shape index (κ1) is 23.6. The largest absolute Gasteiger partial charge is 0.586 e. The summed E-state index contributed by atoms with van der Waals surface area (Å²) in [5.74, 6) is 0.829. The van der Waals surface area contributed by atoms with Crippen LogP contribution < -0.4 is 24.3 Å². The molecule has 15 heteroatoms. The van der Waals surface area contributed by atoms with Crippen molar-refractivity contribution in [1.29, 1.82) is 0 Å². The van der Waals surface area contributed by atoms with Crippen LogP contribution in [0.1, 0.15) is 11.4 Å². The molecule has 0 radical (unpaired) electrons. The van der Waals surface area contributed by atoms with Gasteiger partial charge in [-0.2, -0.15) is 9.61 Å². The monoisotopic (exact) mass is 527 g/mol. The number of nitrogens with one attached hydrogen (secondary N) is 1. The molecule has 0 atom stereocenters. The van der Waals surface area contributed by atoms with Crippen molar-refractivity contribution in [1.82, 2.24) is 29.4 Å². The summed E-state index contributed by atoms with van der Waals surface area (Å²) in [7, 11) is 0. The summed E-state index contributed by atoms with van der Waals surface area (Å²) in [5, 5.41) is 30.6. The van der Waals surface area contributed by atoms with E-state index in [2.05, 4.69) is 30.2 Å². The van der Waals surface area contributed by atoms with Gasteiger partial charge in [0.25, 0.3) is 0 Å². The summed E-state index contributed by atoms with van der Waals surface area (Å²) < 4.78 is 50.6. The SMILES string of the molecule is OCOc1ccc(CNc2nc3c4c(ccc3c3nc(Cn5cccn5)nn23)OC(F)(F)O4)c(OCO)c1. The van der Waals surface area contributed by atoms with E-state index in [9.17, 15) is 13.9 Å². The van der Waals surface area contributed by atoms with E-state index in [-0.39, 0.29) is 36.1 Å². The molecule has 1 aliphatic rings. The van der Waals surface area contributed by atoms with Crippen LogP contribution in [0.5, 0.6) is 23.0 Å². The highest BCUT2D eigenvalue weighted by molar-refractivity contribution is 5.97. The van der Waals surface area contributed by atoms with Gasteiger partial charge >= 0.3 is 6.29 Å². The lowest BCUT2D eigenvalue weighted by atomic mass is 10.2. The first-order valence-corrected chi connectivity index (χ1v) is 11.2. The van der Waals surface area contributed by atoms with Crippen LogP contribution in [-0.2, 0) is 13.1 Å². The molecule has 3 aromatic heterocycles. The summed E-state index contributed by atoms with van der Waals surface area (Å²) in [6.07, 6.45) is -0.441. The molecule has 0 saturated carbocycles. The van der Waals surface area contributed by atoms with Crippen LogP contribution in [0, 0.1) is 0 Å². The second-order valence-electron chi connectivity index (χ2n) is 8.03. The van der Waals surface area contributed by atoms with Crippen molar-refractivity contribution in [3.63, 3.8) is 0 Å². The smallest absolute Gasteiger partial charge is 0.468 e. The van der Waals surface area contributed by atoms with Crippen LogP contribution in [0.3, 0.4) is 0 Å². The van der Waals surface area contributed by atoms with Crippen LogP contribution in [0.2, 0.25) is 0 Å². The molecular weight excluding hydrogens is 508 g/mol. The Morgan fingerprint density at radius 2 is 1.92 bits per heavy atom. The molecule has 0 fully saturated rings. The molecule has 0 spiro atoms. The molecule has 4 heterocycles. The Bertz CT molecular complexity index is 1630. The van der Waals surface area contributed by atoms with Crippen LogP contribution in [0.15, 0.2) is 48.8 Å². The zero-order chi connectivity index (χ0) is 26.3. The first-order valence-electron chi connectivity index (χ1n) is 11.2. The zero-order valence-corrected chi connectivity index (χ0v) is 19.4. The van der Waals surface area contributed by atoms with Crippen LogP contribution in [0.25, 0.3) is 16.6 Å². The van der Waals surface area contributed by atoms with Crippen molar-refractivity contribution in [3.8, 4) is 23.0 Å². The molecule has 0 aliphatic carbocycles. The Kier molecular flexibility index (Phi) is 5.77. The predicted octanol–water partition coefficient (Wildman–Crippen LogP) is 2.11. The van der Waals surface area contributed by atoms with Gasteiger partial charge in [0.15, 0.2) is 36.6 Å². The first-order chi connectivity index (χ1) is 18.4. The van der Waals surface area contributed by atoms with E-state index in [0.717, 1.165) is 0 Å². The molecule has 0 unspecified atom stereocenters. The normalized spacial score (nSPS) is 13.8. The van der Waals surface area contributed by atoms with Crippen molar-refractivity contribution < 1.29 is 37.9 Å². The second kappa shape index (κ2) is 9.28. The number of fused-ring (bicyclic) bond motifs is 5. The molecule has 5 aromatic rings. The molecule has 2 aromatic carbocycles. The average Bonchev–Trinajstić information content (AvgIpc) is 3.62. The number of hydrogen-bond acceptors (Lipinski definition) is 11. The number of anilines is 1. The van der Waals surface area contributed by atoms with E-state index in [4.69, 9.17) is 19.3 Å². The molecule has 3 N–H and O–H groups in total. The Labute approximate surface area is 211 Å². The number of hydrogen-bond donors (Lipinski definition) is 3. The molecule has 1 aliphatic heterocycles. The number of benzene rings is 2. The summed E-state index contributed by atoms with van der Waals surface area (Å²) in [5.41, 5.74) is 1.05. The molecule has 13 nitrogen and oxygen atoms in total. The average molecular weight is 527 g/mol. The standard InChI is InChI=1S/C23H19F2N7O6/c24-23(25)37-16-5-4-15-19(20(16)38-23)29-22(32-21(15)28-18(30-32)10-31-7-1-6-27-31)26-9-13-2-3-14(35-11-33)8-17(13)36-12-34/h1-8,33-34H,9-12H2,(H,26,29). The van der Waals surface area contributed by atoms with Gasteiger partial charge in [0.2, 0.25) is 5.95 Å². The van der Waals surface area contributed by atoms with E-state index in [1.165, 1.54) is 16.6 Å². The zero-order valence-electron chi connectivity index (χ0n) is 19.4. The minimum absolute atomic E-state index is 0.103. The van der Waals surface area contributed by atoms with Gasteiger partial charge in [0, 0.05) is 36.0 Å². The van der Waals surface area contributed by atoms with Crippen molar-refractivity contribution in [3.05, 3.63) is 60.2 Å². The van der Waals surface area contributed by atoms with Gasteiger partial charge in [-0.3, -0.25) is 4.68 Å². The van der Waals surface area contributed by atoms with Gasteiger partial charge in [-0.05, 0) is 30.3 Å². The molecule has 0 bridgehead atoms. The molecular formula is C23H19F2N7O6. The van der Waals surface area contributed by atoms with Gasteiger partial charge in [0.1, 0.15) is 23.6 Å². The second-order valence-corrected chi connectivity index (χ2v) is 8.03. The van der Waals surface area contributed by atoms with Crippen molar-refractivity contribution >= 4 is 22.5 Å². The maximum Gasteiger partial charge on any atom is 0.586 e. The minimum atomic E-state index is -3.83. The minimum Gasteiger partial charge on any atom is -0.468 e. The van der Waals surface area contributed by atoms with E-state index < -0.39 is 19.9 Å². The summed E-state index contributed by atoms with van der Waals surface area (Å²) >= 11 is 0. The highest BCUT2D eigenvalue weighted by Gasteiger charge is 2.45. The summed E-state index contributed by atoms with van der Waals surface area (Å²) in [6.45, 7) is -0.735. The lowest BCUT2D eigenvalue weighted by Gasteiger charge is -2.14. The maximum absolute atomic E-state index is 13.9. The van der Waals surface area contributed by atoms with Crippen molar-refractivity contribution in [2.45, 2.75) is 19.4 Å². The number of aromatic nitrogens is 6. The van der Waals surface area contributed by atoms with Gasteiger partial charge in [-0.25, -0.2) is 9.97 Å². The number of aliphatic hydroxyl groups excluding tert-OH is 2. The molecule has 0 amide bonds. The topological polar surface area (TPSA) is 150 Å². The van der Waals surface area contributed by atoms with Gasteiger partial charge in [0.05, 0.1) is 0 Å². The van der Waals surface area contributed by atoms with Gasteiger partial charge < -0.3 is 34.5 Å². The lowest BCUT2D eigenvalue weighted by Crippen LogP contribution is -2.26. The Hall–Kier alpha value is -4.76. The predicted molar refractivity (Wildman–Crippen MR) is 125 cm³/mol. The third kappa shape index (κ3) is 4.33. The van der Waals surface area contributed by atoms with E-state index in [0.29, 0.717) is 33.9 Å². The summed E-state index contributed by atoms with van der Waals surface area (Å²) in [4.78, 5) is 9.13. The highest BCUT2D eigenvalue weighted by Crippen LogP contribution is 2.45. The van der Waals surface area contributed by atoms with Crippen molar-refractivity contribution in [2.75, 3.05) is 18.9 Å². The highest BCUT2D eigenvalue weighted by atomic mass is 19.3. The third-order valence-corrected chi connectivity index (χ3v) is 5.64. The Balaban J connectivity index is 1.43. The van der Waals surface area contributed by atoms with Crippen LogP contribution >= 0.6 is 0 Å². The Morgan fingerprint density at radius 1 is 1.05 bits per heavy atom. The number of halogens is 2. The molecule has 0 saturated heterocycles. The van der Waals surface area contributed by atoms with Gasteiger partial charge in [-0.15, -0.1) is 13.9 Å². The van der Waals surface area contributed by atoms with Crippen LogP contribution in [-0.4, -0.2) is 59.5 Å². The Morgan fingerprint density at radius 3 is 2.71 bits per heavy atom. The fourth-order valence-corrected chi connectivity index (χ4v) is 4.06. The van der Waals surface area contributed by atoms with Gasteiger partial charge in [-0.1, -0.05) is 0 Å². The number of nitrogens with zero attached hydrogens (tertiary/aromatic N) is 6. The number of ether oxygens (including phenoxy) is 4. The maximum atomic E-state index is 13.9. The number of rotatable bonds is 9. The molecule has 6 rings (SSSR count). The fourth-order valence-electron chi connectivity index (χ4n) is 4.06. The van der Waals surface area contributed by atoms with Crippen molar-refractivity contribution in [2.24, 2.45) is 0 Å². The van der Waals surface area contributed by atoms with E-state index in [1.54, 1.807) is 41.3 Å². The quantitative estimate of drug-likeness (QED) is 0.242. The number of alkyl halides is 2. The van der Waals surface area contributed by atoms with E-state index >= 15 is 0 Å². The fraction of sp³-hybridized carbons (Fsp3) is 0.217. The van der Waals surface area contributed by atoms with E-state index in [1.807, 2.05) is 0 Å². The summed E-state index contributed by atoms with van der Waals surface area (Å²) in [6, 6.07) is 9.47. The molecule has 38 heavy (non-hydrogen) atoms. The third-order valence-electron chi connectivity index (χ3n) is 5.64.